The molecule has 1 aromatic carbocycles. The zero-order chi connectivity index (χ0) is 16.5. The molecule has 6 nitrogen and oxygen atoms in total. The van der Waals surface area contributed by atoms with Crippen LogP contribution in [0.25, 0.3) is 0 Å². The highest BCUT2D eigenvalue weighted by Crippen LogP contribution is 2.04. The van der Waals surface area contributed by atoms with Gasteiger partial charge in [-0.3, -0.25) is 20.4 Å². The number of allylic oxidation sites excluding steroid dienone is 3. The maximum atomic E-state index is 11.9. The zero-order valence-electron chi connectivity index (χ0n) is 13.1. The highest BCUT2D eigenvalue weighted by molar-refractivity contribution is 5.97. The lowest BCUT2D eigenvalue weighted by molar-refractivity contribution is 0.0927. The van der Waals surface area contributed by atoms with Crippen LogP contribution in [0.1, 0.15) is 47.9 Å². The van der Waals surface area contributed by atoms with Crippen LogP contribution in [-0.2, 0) is 0 Å². The Morgan fingerprint density at radius 3 is 1.86 bits per heavy atom. The molecule has 0 aromatic heterocycles. The van der Waals surface area contributed by atoms with Gasteiger partial charge in [0, 0.05) is 22.5 Å². The van der Waals surface area contributed by atoms with Gasteiger partial charge in [-0.05, 0) is 44.5 Å². The predicted octanol–water partition coefficient (Wildman–Crippen LogP) is 2.00. The highest BCUT2D eigenvalue weighted by Gasteiger charge is 2.08. The summed E-state index contributed by atoms with van der Waals surface area (Å²) < 4.78 is 0. The number of rotatable bonds is 7. The minimum atomic E-state index is -0.288. The highest BCUT2D eigenvalue weighted by atomic mass is 16.2. The van der Waals surface area contributed by atoms with E-state index in [0.29, 0.717) is 11.1 Å². The molecule has 0 unspecified atom stereocenters. The molecule has 0 radical (unpaired) electrons. The maximum Gasteiger partial charge on any atom is 0.269 e. The van der Waals surface area contributed by atoms with Gasteiger partial charge in [0.2, 0.25) is 0 Å². The summed E-state index contributed by atoms with van der Waals surface area (Å²) in [6, 6.07) is 6.35. The minimum absolute atomic E-state index is 0.273. The molecule has 0 aliphatic carbocycles. The predicted molar refractivity (Wildman–Crippen MR) is 86.5 cm³/mol. The van der Waals surface area contributed by atoms with Crippen LogP contribution in [-0.4, -0.2) is 11.8 Å². The number of carbonyl (C=O) groups excluding carboxylic acids is 2. The van der Waals surface area contributed by atoms with Crippen molar-refractivity contribution >= 4 is 11.8 Å². The van der Waals surface area contributed by atoms with Gasteiger partial charge in [-0.15, -0.1) is 0 Å². The third-order valence-electron chi connectivity index (χ3n) is 3.00. The van der Waals surface area contributed by atoms with Crippen molar-refractivity contribution in [2.45, 2.75) is 27.2 Å². The molecule has 0 saturated heterocycles. The molecule has 4 N–H and O–H groups in total. The third-order valence-corrected chi connectivity index (χ3v) is 3.00. The van der Waals surface area contributed by atoms with Gasteiger partial charge in [0.1, 0.15) is 0 Å². The molecule has 0 spiro atoms. The summed E-state index contributed by atoms with van der Waals surface area (Å²) in [7, 11) is 0. The lowest BCUT2D eigenvalue weighted by Gasteiger charge is -2.10. The van der Waals surface area contributed by atoms with Crippen LogP contribution in [0.5, 0.6) is 0 Å². The van der Waals surface area contributed by atoms with E-state index in [9.17, 15) is 9.59 Å². The van der Waals surface area contributed by atoms with Crippen molar-refractivity contribution in [1.29, 1.82) is 0 Å². The van der Waals surface area contributed by atoms with Crippen molar-refractivity contribution in [1.82, 2.24) is 21.7 Å². The van der Waals surface area contributed by atoms with E-state index in [4.69, 9.17) is 0 Å². The monoisotopic (exact) mass is 302 g/mol. The first-order chi connectivity index (χ1) is 10.5. The lowest BCUT2D eigenvalue weighted by atomic mass is 10.1. The number of hydrogen-bond acceptors (Lipinski definition) is 4. The van der Waals surface area contributed by atoms with Crippen LogP contribution >= 0.6 is 0 Å². The molecule has 2 amide bonds. The Hall–Kier alpha value is -2.76. The number of hydrazine groups is 2. The van der Waals surface area contributed by atoms with Crippen molar-refractivity contribution in [3.63, 3.8) is 0 Å². The van der Waals surface area contributed by atoms with Gasteiger partial charge in [0.05, 0.1) is 0 Å². The standard InChI is InChI=1S/C16H22N4O2/c1-5-11(3)17-19-15(21)13-7-9-14(10-8-13)16(22)20-18-12(4)6-2/h6-10,17-18H,3,5H2,1-2,4H3,(H,19,21)(H,20,22). The van der Waals surface area contributed by atoms with E-state index in [1.807, 2.05) is 26.8 Å². The lowest BCUT2D eigenvalue weighted by Crippen LogP contribution is -2.37. The van der Waals surface area contributed by atoms with Gasteiger partial charge in [0.25, 0.3) is 11.8 Å². The number of amides is 2. The molecule has 0 aliphatic heterocycles. The average molecular weight is 302 g/mol. The Morgan fingerprint density at radius 2 is 1.45 bits per heavy atom. The van der Waals surface area contributed by atoms with Crippen LogP contribution in [0.4, 0.5) is 0 Å². The van der Waals surface area contributed by atoms with Gasteiger partial charge < -0.3 is 10.9 Å². The van der Waals surface area contributed by atoms with Crippen LogP contribution in [0.15, 0.2) is 48.3 Å². The summed E-state index contributed by atoms with van der Waals surface area (Å²) >= 11 is 0. The second-order valence-corrected chi connectivity index (χ2v) is 4.66. The molecule has 22 heavy (non-hydrogen) atoms. The molecule has 1 rings (SSSR count). The van der Waals surface area contributed by atoms with E-state index in [2.05, 4.69) is 28.3 Å². The molecule has 0 atom stereocenters. The molecule has 118 valence electrons. The molecule has 0 fully saturated rings. The minimum Gasteiger partial charge on any atom is -0.303 e. The average Bonchev–Trinajstić information content (AvgIpc) is 2.56. The first-order valence-electron chi connectivity index (χ1n) is 7.01. The van der Waals surface area contributed by atoms with Gasteiger partial charge in [0.15, 0.2) is 0 Å². The van der Waals surface area contributed by atoms with Crippen molar-refractivity contribution in [3.05, 3.63) is 59.4 Å². The van der Waals surface area contributed by atoms with Gasteiger partial charge in [-0.1, -0.05) is 19.6 Å². The van der Waals surface area contributed by atoms with Gasteiger partial charge in [-0.2, -0.15) is 0 Å². The number of nitrogens with one attached hydrogen (secondary N) is 4. The van der Waals surface area contributed by atoms with E-state index in [1.165, 1.54) is 0 Å². The van der Waals surface area contributed by atoms with Gasteiger partial charge in [-0.25, -0.2) is 0 Å². The first kappa shape index (κ1) is 17.3. The third kappa shape index (κ3) is 5.32. The smallest absolute Gasteiger partial charge is 0.269 e. The Kier molecular flexibility index (Phi) is 6.69. The summed E-state index contributed by atoms with van der Waals surface area (Å²) in [5, 5.41) is 0. The Labute approximate surface area is 130 Å². The van der Waals surface area contributed by atoms with Crippen molar-refractivity contribution < 1.29 is 9.59 Å². The van der Waals surface area contributed by atoms with E-state index in [1.54, 1.807) is 24.3 Å². The summed E-state index contributed by atoms with van der Waals surface area (Å²) in [4.78, 5) is 23.7. The quantitative estimate of drug-likeness (QED) is 0.581. The van der Waals surface area contributed by atoms with Crippen LogP contribution < -0.4 is 21.7 Å². The summed E-state index contributed by atoms with van der Waals surface area (Å²) in [5.74, 6) is -0.560. The molecular weight excluding hydrogens is 280 g/mol. The van der Waals surface area contributed by atoms with Crippen LogP contribution in [0.3, 0.4) is 0 Å². The van der Waals surface area contributed by atoms with E-state index in [0.717, 1.165) is 17.8 Å². The van der Waals surface area contributed by atoms with Crippen molar-refractivity contribution in [2.24, 2.45) is 0 Å². The largest absolute Gasteiger partial charge is 0.303 e. The van der Waals surface area contributed by atoms with E-state index in [-0.39, 0.29) is 11.8 Å². The summed E-state index contributed by atoms with van der Waals surface area (Å²) in [6.07, 6.45) is 2.56. The van der Waals surface area contributed by atoms with E-state index < -0.39 is 0 Å². The second kappa shape index (κ2) is 8.51. The SMILES string of the molecule is C=C(CC)NNC(=O)c1ccc(C(=O)NNC(C)=CC)cc1. The van der Waals surface area contributed by atoms with Gasteiger partial charge >= 0.3 is 0 Å². The molecule has 0 aliphatic rings. The second-order valence-electron chi connectivity index (χ2n) is 4.66. The van der Waals surface area contributed by atoms with Crippen LogP contribution in [0, 0.1) is 0 Å². The van der Waals surface area contributed by atoms with Crippen molar-refractivity contribution in [3.8, 4) is 0 Å². The fourth-order valence-corrected chi connectivity index (χ4v) is 1.38. The van der Waals surface area contributed by atoms with Crippen molar-refractivity contribution in [2.75, 3.05) is 0 Å². The maximum absolute atomic E-state index is 11.9. The molecule has 0 saturated carbocycles. The molecular formula is C16H22N4O2. The summed E-state index contributed by atoms with van der Waals surface area (Å²) in [6.45, 7) is 9.36. The van der Waals surface area contributed by atoms with Crippen LogP contribution in [0.2, 0.25) is 0 Å². The Balaban J connectivity index is 2.60. The Morgan fingerprint density at radius 1 is 1.00 bits per heavy atom. The number of hydrogen-bond donors (Lipinski definition) is 4. The Bertz CT molecular complexity index is 576. The summed E-state index contributed by atoms with van der Waals surface area (Å²) in [5.41, 5.74) is 13.1. The van der Waals surface area contributed by atoms with E-state index >= 15 is 0 Å². The number of carbonyl (C=O) groups is 2. The zero-order valence-corrected chi connectivity index (χ0v) is 13.1. The normalized spacial score (nSPS) is 10.6. The number of benzene rings is 1. The molecule has 6 heteroatoms. The first-order valence-corrected chi connectivity index (χ1v) is 7.01. The fraction of sp³-hybridized carbons (Fsp3) is 0.250. The molecule has 0 bridgehead atoms. The molecule has 1 aromatic rings. The fourth-order valence-electron chi connectivity index (χ4n) is 1.38. The topological polar surface area (TPSA) is 82.3 Å². The molecule has 0 heterocycles.